The number of rotatable bonds is 23. The summed E-state index contributed by atoms with van der Waals surface area (Å²) < 4.78 is 53.8. The van der Waals surface area contributed by atoms with Crippen LogP contribution in [0.25, 0.3) is 0 Å². The van der Waals surface area contributed by atoms with Gasteiger partial charge in [0.15, 0.2) is 12.6 Å². The number of hydrogen-bond acceptors (Lipinski definition) is 22. The van der Waals surface area contributed by atoms with E-state index >= 15 is 0 Å². The molecule has 5 fully saturated rings. The zero-order valence-electron chi connectivity index (χ0n) is 54.2. The first-order valence-electron chi connectivity index (χ1n) is 31.5. The number of likely N-dealkylation sites (N-methyl/N-ethyl adjacent to an activating group) is 1. The molecule has 26 atom stereocenters. The van der Waals surface area contributed by atoms with Gasteiger partial charge in [-0.2, -0.15) is 0 Å². The summed E-state index contributed by atoms with van der Waals surface area (Å²) in [6, 6.07) is -0.324. The van der Waals surface area contributed by atoms with Crippen molar-refractivity contribution in [3.63, 3.8) is 0 Å². The minimum Gasteiger partial charge on any atom is -0.481 e. The summed E-state index contributed by atoms with van der Waals surface area (Å²) in [5.41, 5.74) is -4.13. The topological polar surface area (TPSA) is 340 Å². The lowest BCUT2D eigenvalue weighted by Crippen LogP contribution is -2.61. The van der Waals surface area contributed by atoms with Crippen LogP contribution in [0.1, 0.15) is 173 Å². The Morgan fingerprint density at radius 1 is 0.814 bits per heavy atom. The van der Waals surface area contributed by atoms with Gasteiger partial charge in [-0.3, -0.25) is 14.4 Å². The largest absolute Gasteiger partial charge is 0.481 e. The second kappa shape index (κ2) is 33.5. The molecule has 0 unspecified atom stereocenters. The van der Waals surface area contributed by atoms with Crippen molar-refractivity contribution in [2.45, 2.75) is 294 Å². The van der Waals surface area contributed by atoms with E-state index in [1.807, 2.05) is 32.8 Å². The summed E-state index contributed by atoms with van der Waals surface area (Å²) in [5.74, 6) is -6.40. The van der Waals surface area contributed by atoms with Crippen LogP contribution in [0.5, 0.6) is 0 Å². The number of aliphatic hydroxyl groups is 8. The lowest BCUT2D eigenvalue weighted by Gasteiger charge is -2.49. The molecule has 86 heavy (non-hydrogen) atoms. The van der Waals surface area contributed by atoms with E-state index in [4.69, 9.17) is 47.7 Å². The van der Waals surface area contributed by atoms with Crippen molar-refractivity contribution in [3.05, 3.63) is 11.6 Å². The van der Waals surface area contributed by atoms with E-state index in [1.165, 1.54) is 34.0 Å². The monoisotopic (exact) mass is 1230 g/mol. The number of aliphatic carboxylic acids is 1. The smallest absolute Gasteiger partial charge is 0.330 e. The molecule has 500 valence electrons. The maximum atomic E-state index is 14.1. The number of methoxy groups -OCH3 is 1. The third-order valence-electron chi connectivity index (χ3n) is 18.9. The molecule has 5 aliphatic rings. The first-order valence-corrected chi connectivity index (χ1v) is 31.5. The Morgan fingerprint density at radius 2 is 1.44 bits per heavy atom. The Labute approximate surface area is 510 Å². The number of ketones is 1. The first kappa shape index (κ1) is 75.6. The molecule has 23 nitrogen and oxygen atoms in total. The molecule has 9 N–H and O–H groups in total. The lowest BCUT2D eigenvalue weighted by molar-refractivity contribution is -0.318. The summed E-state index contributed by atoms with van der Waals surface area (Å²) >= 11 is 0. The predicted octanol–water partition coefficient (Wildman–Crippen LogP) is 4.38. The third-order valence-corrected chi connectivity index (χ3v) is 18.9. The Kier molecular flexibility index (Phi) is 29.4. The molecular weight excluding hydrogens is 1120 g/mol. The Morgan fingerprint density at radius 3 is 2.03 bits per heavy atom. The van der Waals surface area contributed by atoms with Crippen LogP contribution < -0.4 is 0 Å². The second-order valence-corrected chi connectivity index (χ2v) is 26.7. The number of ether oxygens (including phenoxy) is 9. The van der Waals surface area contributed by atoms with Crippen LogP contribution in [0.4, 0.5) is 0 Å². The average Bonchev–Trinajstić information content (AvgIpc) is 2.69. The molecule has 0 aromatic rings. The number of nitrogens with zero attached hydrogens (tertiary/aromatic N) is 1. The van der Waals surface area contributed by atoms with Crippen LogP contribution in [-0.2, 0) is 61.8 Å². The van der Waals surface area contributed by atoms with Gasteiger partial charge in [0, 0.05) is 61.7 Å². The molecule has 0 aromatic carbocycles. The number of carboxylic acids is 1. The third kappa shape index (κ3) is 20.6. The number of carboxylic acid groups (broad SMARTS) is 1. The molecule has 0 aromatic heterocycles. The van der Waals surface area contributed by atoms with E-state index in [-0.39, 0.29) is 61.9 Å². The van der Waals surface area contributed by atoms with Crippen LogP contribution in [0.2, 0.25) is 0 Å². The van der Waals surface area contributed by atoms with Gasteiger partial charge in [0.25, 0.3) is 0 Å². The van der Waals surface area contributed by atoms with E-state index < -0.39 is 144 Å². The van der Waals surface area contributed by atoms with Crippen LogP contribution in [-0.4, -0.2) is 230 Å². The van der Waals surface area contributed by atoms with Crippen LogP contribution in [0.3, 0.4) is 0 Å². The minimum atomic E-state index is -1.99. The molecule has 5 heterocycles. The van der Waals surface area contributed by atoms with Crippen molar-refractivity contribution < 1.29 is 108 Å². The number of carbonyl (C=O) groups excluding carboxylic acids is 3. The summed E-state index contributed by atoms with van der Waals surface area (Å²) in [6.45, 7) is 22.4. The Balaban J connectivity index is 0.000000395. The fourth-order valence-electron chi connectivity index (χ4n) is 13.0. The van der Waals surface area contributed by atoms with E-state index in [1.54, 1.807) is 55.4 Å². The van der Waals surface area contributed by atoms with Crippen molar-refractivity contribution in [3.8, 4) is 0 Å². The van der Waals surface area contributed by atoms with Crippen molar-refractivity contribution in [2.75, 3.05) is 34.4 Å². The number of carbonyl (C=O) groups is 4. The van der Waals surface area contributed by atoms with Crippen molar-refractivity contribution in [1.82, 2.24) is 4.90 Å². The molecule has 0 spiro atoms. The van der Waals surface area contributed by atoms with Crippen LogP contribution in [0, 0.1) is 35.5 Å². The van der Waals surface area contributed by atoms with E-state index in [0.29, 0.717) is 44.5 Å². The summed E-state index contributed by atoms with van der Waals surface area (Å²) in [4.78, 5) is 52.3. The van der Waals surface area contributed by atoms with E-state index in [0.717, 1.165) is 32.1 Å². The second-order valence-electron chi connectivity index (χ2n) is 26.7. The van der Waals surface area contributed by atoms with Gasteiger partial charge in [-0.25, -0.2) is 4.79 Å². The highest BCUT2D eigenvalue weighted by molar-refractivity contribution is 5.84. The molecule has 0 saturated carbocycles. The van der Waals surface area contributed by atoms with Gasteiger partial charge in [-0.15, -0.1) is 0 Å². The van der Waals surface area contributed by atoms with Crippen molar-refractivity contribution >= 4 is 23.7 Å². The summed E-state index contributed by atoms with van der Waals surface area (Å²) in [7, 11) is 5.18. The molecule has 0 aliphatic carbocycles. The molecule has 5 saturated heterocycles. The van der Waals surface area contributed by atoms with Gasteiger partial charge in [-0.05, 0) is 114 Å². The minimum absolute atomic E-state index is 0.0160. The number of hydrogen-bond donors (Lipinski definition) is 9. The molecule has 0 radical (unpaired) electrons. The lowest BCUT2D eigenvalue weighted by atomic mass is 9.74. The van der Waals surface area contributed by atoms with Gasteiger partial charge < -0.3 is 93.5 Å². The summed E-state index contributed by atoms with van der Waals surface area (Å²) in [5, 5.41) is 97.1. The SMILES string of the molecule is C/C(=C\C(=O)OCCCCCCCCC(=O)O)C[C@@H]1OC[C@H](C[C@@H]2O[C@H]2[C@@H](C)[C@H](C)O)[C@@H](O)[C@H]1O.CC[C@H]1OC(=O)[C@H](C)[C@@H](O[C@H]2C[C@@](C)(OC)[C@@H](O)[C@H](C)O2)[C@H](C)[C@@H](O[C@@H]2O[C@H](C)C[C@H](N(C)C)[C@H]2O)[C@](C)(O)C[C@@H](C)C(=O)[C@H](C)[C@@H](O)[C@]1(C)O. The zero-order valence-corrected chi connectivity index (χ0v) is 54.2. The standard InChI is InChI=1S/C37H67NO13.C26H44O9/c1-14-25-37(10,45)30(41)20(4)27(39)18(2)16-35(8,44)32(51-34-28(40)24(38(11)12)15-19(3)47-34)21(5)29(22(6)33(43)49-25)50-26-17-36(9,46-13)31(42)23(7)48-26;1-16(13-23(30)33-11-9-7-5-4-6-8-10-22(28)29)12-20-25(32)24(31)19(15-34-20)14-21-26(35-21)17(2)18(3)27/h18-26,28-32,34,40-42,44-45H,14-17H2,1-13H3;13,17-21,24-27,31-32H,4-12,14-15H2,1-3H3,(H,28,29)/b;16-13+/t18-,19-,20+,21+,22-,23+,24+,25-,26+,28-,29+,30-,31+,32-,34+,35-,36-,37-;17-,18-,19-,20-,21-,24+,25-,26-/m10/s1. The van der Waals surface area contributed by atoms with E-state index in [2.05, 4.69) is 0 Å². The first-order chi connectivity index (χ1) is 40.0. The normalized spacial score (nSPS) is 41.9. The molecular formula is C63H111NO22. The van der Waals surface area contributed by atoms with Crippen molar-refractivity contribution in [1.29, 1.82) is 0 Å². The van der Waals surface area contributed by atoms with Gasteiger partial charge in [-0.1, -0.05) is 65.9 Å². The van der Waals surface area contributed by atoms with Crippen LogP contribution in [0.15, 0.2) is 11.6 Å². The zero-order chi connectivity index (χ0) is 64.9. The highest BCUT2D eigenvalue weighted by atomic mass is 16.7. The van der Waals surface area contributed by atoms with Gasteiger partial charge in [0.2, 0.25) is 0 Å². The quantitative estimate of drug-likeness (QED) is 0.0297. The molecule has 0 amide bonds. The highest BCUT2D eigenvalue weighted by Crippen LogP contribution is 2.42. The number of Topliss-reactive ketones (excluding diaryl/α,β-unsaturated/α-hetero) is 1. The van der Waals surface area contributed by atoms with Gasteiger partial charge in [0.05, 0.1) is 91.4 Å². The number of esters is 2. The van der Waals surface area contributed by atoms with Gasteiger partial charge >= 0.3 is 17.9 Å². The number of epoxide rings is 1. The molecule has 0 bridgehead atoms. The predicted molar refractivity (Wildman–Crippen MR) is 315 cm³/mol. The molecule has 5 aliphatic heterocycles. The number of cyclic esters (lactones) is 1. The molecule has 5 rings (SSSR count). The van der Waals surface area contributed by atoms with Crippen LogP contribution >= 0.6 is 0 Å². The maximum Gasteiger partial charge on any atom is 0.330 e. The highest BCUT2D eigenvalue weighted by Gasteiger charge is 2.54. The summed E-state index contributed by atoms with van der Waals surface area (Å²) in [6.07, 6.45) is -5.09. The fourth-order valence-corrected chi connectivity index (χ4v) is 13.0. The fraction of sp³-hybridized carbons (Fsp3) is 0.905. The number of unbranched alkanes of at least 4 members (excludes halogenated alkanes) is 5. The number of aliphatic hydroxyl groups excluding tert-OH is 6. The van der Waals surface area contributed by atoms with Gasteiger partial charge in [0.1, 0.15) is 35.8 Å². The average molecular weight is 1230 g/mol. The molecule has 23 heteroatoms. The Bertz CT molecular complexity index is 2140. The van der Waals surface area contributed by atoms with Crippen molar-refractivity contribution in [2.24, 2.45) is 35.5 Å². The maximum absolute atomic E-state index is 14.1. The Hall–Kier alpha value is -2.82. The van der Waals surface area contributed by atoms with E-state index in [9.17, 15) is 60.0 Å².